The molecule has 10 rings (SSSR count). The van der Waals surface area contributed by atoms with Crippen molar-refractivity contribution < 1.29 is 76.7 Å². The van der Waals surface area contributed by atoms with Crippen molar-refractivity contribution in [2.75, 3.05) is 39.3 Å². The van der Waals surface area contributed by atoms with Gasteiger partial charge in [0.15, 0.2) is 23.3 Å². The number of benzene rings is 4. The molecule has 0 fully saturated rings. The summed E-state index contributed by atoms with van der Waals surface area (Å²) in [5, 5.41) is 73.4. The summed E-state index contributed by atoms with van der Waals surface area (Å²) in [7, 11) is 0. The Bertz CT molecular complexity index is 6010. The number of nitrogens with zero attached hydrogens (tertiary/aromatic N) is 8. The van der Waals surface area contributed by atoms with Crippen molar-refractivity contribution in [1.29, 1.82) is 10.8 Å². The Morgan fingerprint density at radius 2 is 0.789 bits per heavy atom. The van der Waals surface area contributed by atoms with E-state index >= 15 is 0 Å². The lowest BCUT2D eigenvalue weighted by molar-refractivity contribution is -0.134. The van der Waals surface area contributed by atoms with Crippen LogP contribution in [0.4, 0.5) is 0 Å². The normalized spacial score (nSPS) is 12.9. The van der Waals surface area contributed by atoms with E-state index in [1.165, 1.54) is 53.7 Å². The predicted octanol–water partition coefficient (Wildman–Crippen LogP) is -4.15. The molecule has 0 aliphatic rings. The number of hydrogen-bond donors (Lipinski definition) is 26. The van der Waals surface area contributed by atoms with Crippen molar-refractivity contribution in [3.05, 3.63) is 204 Å². The number of amides is 16. The Hall–Kier alpha value is -18.2. The molecule has 50 nitrogen and oxygen atoms in total. The third-order valence-corrected chi connectivity index (χ3v) is 23.1. The van der Waals surface area contributed by atoms with E-state index < -0.39 is 155 Å². The van der Waals surface area contributed by atoms with Crippen molar-refractivity contribution >= 4 is 128 Å². The minimum absolute atomic E-state index is 0.0120. The predicted molar refractivity (Wildman–Crippen MR) is 534 cm³/mol. The van der Waals surface area contributed by atoms with Gasteiger partial charge in [0, 0.05) is 168 Å². The molecule has 147 heavy (non-hydrogen) atoms. The van der Waals surface area contributed by atoms with E-state index in [2.05, 4.69) is 154 Å². The number of fused-ring (bicyclic) bond motifs is 2. The molecule has 6 heterocycles. The molecule has 0 bridgehead atoms. The SMILES string of the molecule is CC(=O)NCC(=O)NC(CCCNC(=O)Cn1cc(C#CCCC(=O)N[C@@H](Cc2cnc[nH]2)C(=O)N[C@H](Cc2ccccc2)C(=O)N[C@@H](CCCNC(=N)N)C(=O)N[C@@H](Cc2c[nH]c3ccccc23)C(N)=O)nn1)(CCCNC(=O)Cn1cc(C#CCCC(=O)N[C@H](Cc2cnc[nH]2)C(=O)N[C@@H](Cc2ccccc2)C(=O)N[C@H](CCCNC(=N)N)C(=O)N[C@H](Cc2c[nH]c3ccccc23)C(N)=O)nn1)C(=O)NCCC(N)=O. The van der Waals surface area contributed by atoms with Crippen LogP contribution in [-0.4, -0.2) is 259 Å². The van der Waals surface area contributed by atoms with E-state index in [9.17, 15) is 76.7 Å². The number of hydrogen-bond acceptors (Lipinski definition) is 24. The fourth-order valence-electron chi connectivity index (χ4n) is 15.7. The van der Waals surface area contributed by atoms with Crippen LogP contribution < -0.4 is 108 Å². The number of carbonyl (C=O) groups excluding carboxylic acids is 16. The largest absolute Gasteiger partial charge is 0.370 e. The third-order valence-electron chi connectivity index (χ3n) is 23.1. The van der Waals surface area contributed by atoms with Gasteiger partial charge in [-0.1, -0.05) is 119 Å². The van der Waals surface area contributed by atoms with Crippen LogP contribution in [0.3, 0.4) is 0 Å². The van der Waals surface area contributed by atoms with Gasteiger partial charge in [-0.2, -0.15) is 0 Å². The first-order chi connectivity index (χ1) is 70.7. The number of para-hydroxylation sites is 2. The number of nitrogens with two attached hydrogens (primary N) is 5. The van der Waals surface area contributed by atoms with E-state index in [-0.39, 0.29) is 191 Å². The number of guanidine groups is 2. The van der Waals surface area contributed by atoms with Crippen LogP contribution in [-0.2, 0) is 128 Å². The smallest absolute Gasteiger partial charge is 0.245 e. The second-order valence-electron chi connectivity index (χ2n) is 34.6. The number of aromatic nitrogens is 12. The Balaban J connectivity index is 0.703. The molecule has 0 aliphatic heterocycles. The van der Waals surface area contributed by atoms with Gasteiger partial charge in [0.2, 0.25) is 94.5 Å². The number of carbonyl (C=O) groups is 16. The van der Waals surface area contributed by atoms with Gasteiger partial charge < -0.3 is 128 Å². The van der Waals surface area contributed by atoms with E-state index in [1.807, 2.05) is 48.5 Å². The van der Waals surface area contributed by atoms with Crippen LogP contribution in [0.25, 0.3) is 21.8 Å². The molecular formula is C97H122N34O16. The summed E-state index contributed by atoms with van der Waals surface area (Å²) in [5.41, 5.74) is 31.7. The fraction of sp³-hybridized carbons (Fsp3) is 0.381. The molecule has 0 radical (unpaired) electrons. The zero-order valence-corrected chi connectivity index (χ0v) is 80.7. The first kappa shape index (κ1) is 111. The minimum atomic E-state index is -1.78. The zero-order valence-electron chi connectivity index (χ0n) is 80.7. The van der Waals surface area contributed by atoms with Gasteiger partial charge in [-0.15, -0.1) is 10.2 Å². The number of nitrogens with one attached hydrogen (secondary N) is 21. The maximum atomic E-state index is 14.6. The second-order valence-corrected chi connectivity index (χ2v) is 34.6. The van der Waals surface area contributed by atoms with Crippen molar-refractivity contribution in [2.24, 2.45) is 28.7 Å². The lowest BCUT2D eigenvalue weighted by Gasteiger charge is -2.34. The third kappa shape index (κ3) is 37.7. The molecule has 31 N–H and O–H groups in total. The molecule has 0 spiro atoms. The van der Waals surface area contributed by atoms with E-state index in [0.29, 0.717) is 33.6 Å². The van der Waals surface area contributed by atoms with E-state index in [4.69, 9.17) is 39.5 Å². The summed E-state index contributed by atoms with van der Waals surface area (Å²) in [5.74, 6) is -0.855. The number of imidazole rings is 2. The summed E-state index contributed by atoms with van der Waals surface area (Å²) in [6.07, 6.45) is 10.8. The maximum absolute atomic E-state index is 14.6. The van der Waals surface area contributed by atoms with Crippen LogP contribution in [0, 0.1) is 34.5 Å². The Morgan fingerprint density at radius 3 is 1.18 bits per heavy atom. The Kier molecular flexibility index (Phi) is 43.0. The van der Waals surface area contributed by atoms with Crippen molar-refractivity contribution in [3.63, 3.8) is 0 Å². The van der Waals surface area contributed by atoms with Gasteiger partial charge >= 0.3 is 0 Å². The molecule has 0 saturated carbocycles. The summed E-state index contributed by atoms with van der Waals surface area (Å²) in [4.78, 5) is 239. The first-order valence-electron chi connectivity index (χ1n) is 47.4. The zero-order chi connectivity index (χ0) is 106. The van der Waals surface area contributed by atoms with Gasteiger partial charge in [0.25, 0.3) is 0 Å². The summed E-state index contributed by atoms with van der Waals surface area (Å²) < 4.78 is 2.39. The lowest BCUT2D eigenvalue weighted by Crippen LogP contribution is -2.60. The molecule has 1 unspecified atom stereocenters. The van der Waals surface area contributed by atoms with Crippen LogP contribution in [0.1, 0.15) is 135 Å². The Labute approximate surface area is 842 Å². The highest BCUT2D eigenvalue weighted by atomic mass is 16.2. The van der Waals surface area contributed by atoms with Crippen molar-refractivity contribution in [2.45, 2.75) is 196 Å². The van der Waals surface area contributed by atoms with Crippen molar-refractivity contribution in [1.82, 2.24) is 140 Å². The highest BCUT2D eigenvalue weighted by Crippen LogP contribution is 2.24. The van der Waals surface area contributed by atoms with E-state index in [0.717, 1.165) is 21.8 Å². The average Bonchev–Trinajstić information content (AvgIpc) is 1.74. The number of rotatable bonds is 59. The highest BCUT2D eigenvalue weighted by molar-refractivity contribution is 5.99. The van der Waals surface area contributed by atoms with Crippen LogP contribution in [0.2, 0.25) is 0 Å². The lowest BCUT2D eigenvalue weighted by atomic mass is 9.86. The second kappa shape index (κ2) is 57.1. The molecule has 50 heteroatoms. The summed E-state index contributed by atoms with van der Waals surface area (Å²) in [6, 6.07) is 21.8. The first-order valence-corrected chi connectivity index (χ1v) is 47.4. The van der Waals surface area contributed by atoms with Crippen molar-refractivity contribution in [3.8, 4) is 23.7 Å². The summed E-state index contributed by atoms with van der Waals surface area (Å²) >= 11 is 0. The van der Waals surface area contributed by atoms with Crippen LogP contribution in [0.5, 0.6) is 0 Å². The highest BCUT2D eigenvalue weighted by Gasteiger charge is 2.40. The standard InChI is InChI=1S/C97H122N34O16/c1-59(132)112-52-83(136)125-97(94(147)109-41-34-80(98)133,35-18-39-107-84(137)55-130-53-64(126-128-130)24-8-14-32-81(134)117-78(46-66-50-105-57-115-66)92(145)123-76(42-60-20-4-2-5-21-60)90(143)119-72(30-16-37-110-95(101)102)88(141)121-74(86(99)139)44-62-48-113-70-28-12-10-26-68(62)70)36-19-40-108-85(138)56-131-54-65(127-129-131)25-9-15-33-82(135)118-79(47-67-51-106-58-116-67)93(146)124-77(43-61-22-6-3-7-23-61)91(144)120-73(31-17-38-111-96(103)104)89(142)122-75(87(100)140)45-63-49-114-71-29-13-11-27-69(63)71/h2-7,10-13,20-23,26-29,48-51,53-54,57-58,72-79,113-114H,14-19,30-47,52,55-56H2,1H3,(H2,98,133)(H2,99,139)(H2,100,140)(H,105,115)(H,106,116)(H,107,137)(H,108,138)(H,109,147)(H,112,132)(H,117,134)(H,118,135)(H,119,143)(H,120,144)(H,121,141)(H,122,142)(H,123,145)(H,124,146)(H,125,136)(H4,101,102,110)(H4,103,104,111)/t72-,73+,74-,75+,76+,77-,78-,79+,97?. The quantitative estimate of drug-likeness (QED) is 0.00745. The molecule has 0 aliphatic carbocycles. The number of primary amides is 3. The molecule has 10 aromatic rings. The monoisotopic (exact) mass is 2020 g/mol. The molecular weight excluding hydrogens is 1900 g/mol. The minimum Gasteiger partial charge on any atom is -0.370 e. The van der Waals surface area contributed by atoms with Gasteiger partial charge in [-0.3, -0.25) is 87.5 Å². The molecule has 9 atom stereocenters. The number of aromatic amines is 4. The van der Waals surface area contributed by atoms with Gasteiger partial charge in [-0.05, 0) is 97.6 Å². The summed E-state index contributed by atoms with van der Waals surface area (Å²) in [6.45, 7) is -0.191. The van der Waals surface area contributed by atoms with Gasteiger partial charge in [-0.25, -0.2) is 19.3 Å². The van der Waals surface area contributed by atoms with Gasteiger partial charge in [0.1, 0.15) is 67.0 Å². The van der Waals surface area contributed by atoms with Crippen LogP contribution in [0.15, 0.2) is 159 Å². The molecule has 6 aromatic heterocycles. The van der Waals surface area contributed by atoms with Crippen LogP contribution >= 0.6 is 0 Å². The fourth-order valence-corrected chi connectivity index (χ4v) is 15.7. The van der Waals surface area contributed by atoms with Gasteiger partial charge in [0.05, 0.1) is 31.6 Å². The number of H-pyrrole nitrogens is 4. The maximum Gasteiger partial charge on any atom is 0.245 e. The molecule has 0 saturated heterocycles. The Morgan fingerprint density at radius 1 is 0.401 bits per heavy atom. The topological polar surface area (TPSA) is 782 Å². The average molecular weight is 2020 g/mol. The molecule has 776 valence electrons. The van der Waals surface area contributed by atoms with E-state index in [1.54, 1.807) is 73.1 Å². The molecule has 16 amide bonds. The molecule has 4 aromatic carbocycles.